The lowest BCUT2D eigenvalue weighted by atomic mass is 10.1. The van der Waals surface area contributed by atoms with Gasteiger partial charge in [0.15, 0.2) is 6.10 Å². The number of esters is 1. The lowest BCUT2D eigenvalue weighted by Gasteiger charge is -2.13. The van der Waals surface area contributed by atoms with Gasteiger partial charge in [0.2, 0.25) is 0 Å². The zero-order valence-corrected chi connectivity index (χ0v) is 15.3. The zero-order valence-electron chi connectivity index (χ0n) is 13.8. The second-order valence-electron chi connectivity index (χ2n) is 5.44. The fourth-order valence-electron chi connectivity index (χ4n) is 1.94. The predicted molar refractivity (Wildman–Crippen MR) is 101 cm³/mol. The van der Waals surface area contributed by atoms with Crippen molar-refractivity contribution >= 4 is 46.8 Å². The van der Waals surface area contributed by atoms with Gasteiger partial charge in [-0.3, -0.25) is 4.79 Å². The minimum Gasteiger partial charge on any atom is -0.449 e. The lowest BCUT2D eigenvalue weighted by Crippen LogP contribution is -2.29. The number of rotatable bonds is 5. The van der Waals surface area contributed by atoms with Crippen molar-refractivity contribution in [3.8, 4) is 0 Å². The average Bonchev–Trinajstić information content (AvgIpc) is 2.57. The Labute approximate surface area is 156 Å². The third kappa shape index (κ3) is 5.93. The van der Waals surface area contributed by atoms with E-state index in [4.69, 9.17) is 27.9 Å². The first-order valence-corrected chi connectivity index (χ1v) is 8.32. The number of halogens is 2. The molecule has 0 spiro atoms. The number of ether oxygens (including phenoxy) is 1. The van der Waals surface area contributed by atoms with E-state index in [1.165, 1.54) is 19.1 Å². The molecule has 1 unspecified atom stereocenters. The number of hydrogen-bond acceptors (Lipinski definition) is 3. The quantitative estimate of drug-likeness (QED) is 0.596. The summed E-state index contributed by atoms with van der Waals surface area (Å²) in [6.45, 7) is 3.46. The van der Waals surface area contributed by atoms with Crippen LogP contribution in [0.3, 0.4) is 0 Å². The molecule has 4 nitrogen and oxygen atoms in total. The van der Waals surface area contributed by atoms with Crippen LogP contribution < -0.4 is 5.32 Å². The summed E-state index contributed by atoms with van der Waals surface area (Å²) in [5.74, 6) is -1.11. The van der Waals surface area contributed by atoms with E-state index in [-0.39, 0.29) is 0 Å². The van der Waals surface area contributed by atoms with Gasteiger partial charge in [0.25, 0.3) is 5.91 Å². The average molecular weight is 378 g/mol. The number of amides is 1. The smallest absolute Gasteiger partial charge is 0.331 e. The molecular formula is C19H17Cl2NO3. The van der Waals surface area contributed by atoms with Gasteiger partial charge in [-0.05, 0) is 43.7 Å². The first-order chi connectivity index (χ1) is 11.8. The van der Waals surface area contributed by atoms with Crippen LogP contribution in [-0.4, -0.2) is 18.0 Å². The highest BCUT2D eigenvalue weighted by atomic mass is 35.5. The molecule has 0 aromatic heterocycles. The molecule has 2 rings (SSSR count). The predicted octanol–water partition coefficient (Wildman–Crippen LogP) is 4.89. The highest BCUT2D eigenvalue weighted by Gasteiger charge is 2.17. The zero-order chi connectivity index (χ0) is 18.4. The molecule has 0 radical (unpaired) electrons. The Bertz CT molecular complexity index is 801. The van der Waals surface area contributed by atoms with Gasteiger partial charge in [-0.25, -0.2) is 4.79 Å². The molecule has 0 aliphatic heterocycles. The van der Waals surface area contributed by atoms with E-state index >= 15 is 0 Å². The number of benzene rings is 2. The Kier molecular flexibility index (Phi) is 6.62. The molecule has 1 amide bonds. The van der Waals surface area contributed by atoms with E-state index in [9.17, 15) is 9.59 Å². The van der Waals surface area contributed by atoms with Crippen LogP contribution in [0.1, 0.15) is 18.1 Å². The Morgan fingerprint density at radius 3 is 2.48 bits per heavy atom. The first-order valence-electron chi connectivity index (χ1n) is 7.56. The molecule has 0 saturated carbocycles. The van der Waals surface area contributed by atoms with Gasteiger partial charge in [-0.15, -0.1) is 0 Å². The Hall–Kier alpha value is -2.30. The molecule has 0 fully saturated rings. The summed E-state index contributed by atoms with van der Waals surface area (Å²) in [6, 6.07) is 12.4. The molecule has 1 N–H and O–H groups in total. The van der Waals surface area contributed by atoms with Gasteiger partial charge in [0.05, 0.1) is 10.7 Å². The summed E-state index contributed by atoms with van der Waals surface area (Å²) in [6.07, 6.45) is 1.92. The van der Waals surface area contributed by atoms with Crippen LogP contribution in [0.4, 0.5) is 5.69 Å². The number of aryl methyl sites for hydroxylation is 1. The van der Waals surface area contributed by atoms with Crippen molar-refractivity contribution in [3.63, 3.8) is 0 Å². The molecule has 2 aromatic rings. The minimum atomic E-state index is -0.981. The van der Waals surface area contributed by atoms with Crippen molar-refractivity contribution in [2.75, 3.05) is 5.32 Å². The summed E-state index contributed by atoms with van der Waals surface area (Å²) in [5, 5.41) is 3.36. The van der Waals surface area contributed by atoms with Crippen LogP contribution >= 0.6 is 23.2 Å². The fraction of sp³-hybridized carbons (Fsp3) is 0.158. The fourth-order valence-corrected chi connectivity index (χ4v) is 2.27. The number of carbonyl (C=O) groups is 2. The van der Waals surface area contributed by atoms with Gasteiger partial charge < -0.3 is 10.1 Å². The molecule has 0 heterocycles. The van der Waals surface area contributed by atoms with Gasteiger partial charge in [-0.1, -0.05) is 53.0 Å². The Balaban J connectivity index is 1.92. The molecule has 1 atom stereocenters. The topological polar surface area (TPSA) is 55.4 Å². The third-order valence-electron chi connectivity index (χ3n) is 3.34. The molecule has 0 saturated heterocycles. The third-order valence-corrected chi connectivity index (χ3v) is 3.90. The van der Waals surface area contributed by atoms with E-state index in [0.717, 1.165) is 11.1 Å². The summed E-state index contributed by atoms with van der Waals surface area (Å²) in [4.78, 5) is 23.9. The van der Waals surface area contributed by atoms with Crippen LogP contribution in [0.5, 0.6) is 0 Å². The maximum absolute atomic E-state index is 12.1. The largest absolute Gasteiger partial charge is 0.449 e. The van der Waals surface area contributed by atoms with Crippen LogP contribution in [0.15, 0.2) is 48.5 Å². The molecule has 2 aromatic carbocycles. The number of anilines is 1. The molecule has 130 valence electrons. The van der Waals surface area contributed by atoms with Crippen LogP contribution in [0.25, 0.3) is 6.08 Å². The molecule has 25 heavy (non-hydrogen) atoms. The SMILES string of the molecule is Cc1ccc(C=CC(=O)OC(C)C(=O)Nc2cc(Cl)ccc2Cl)cc1. The van der Waals surface area contributed by atoms with E-state index in [1.807, 2.05) is 31.2 Å². The van der Waals surface area contributed by atoms with E-state index < -0.39 is 18.0 Å². The van der Waals surface area contributed by atoms with Gasteiger partial charge in [-0.2, -0.15) is 0 Å². The normalized spacial score (nSPS) is 12.0. The van der Waals surface area contributed by atoms with Crippen molar-refractivity contribution in [1.29, 1.82) is 0 Å². The number of hydrogen-bond donors (Lipinski definition) is 1. The van der Waals surface area contributed by atoms with Crippen LogP contribution in [0.2, 0.25) is 10.0 Å². The van der Waals surface area contributed by atoms with Crippen molar-refractivity contribution < 1.29 is 14.3 Å². The molecule has 0 aliphatic carbocycles. The van der Waals surface area contributed by atoms with Gasteiger partial charge in [0.1, 0.15) is 0 Å². The number of nitrogens with one attached hydrogen (secondary N) is 1. The molecule has 0 aliphatic rings. The second-order valence-corrected chi connectivity index (χ2v) is 6.28. The second kappa shape index (κ2) is 8.70. The van der Waals surface area contributed by atoms with Crippen molar-refractivity contribution in [2.45, 2.75) is 20.0 Å². The summed E-state index contributed by atoms with van der Waals surface area (Å²) in [7, 11) is 0. The minimum absolute atomic E-state index is 0.343. The summed E-state index contributed by atoms with van der Waals surface area (Å²) < 4.78 is 5.09. The molecule has 6 heteroatoms. The van der Waals surface area contributed by atoms with Crippen molar-refractivity contribution in [3.05, 3.63) is 69.7 Å². The van der Waals surface area contributed by atoms with Gasteiger partial charge >= 0.3 is 5.97 Å². The maximum Gasteiger partial charge on any atom is 0.331 e. The van der Waals surface area contributed by atoms with E-state index in [0.29, 0.717) is 15.7 Å². The first kappa shape index (κ1) is 19.0. The summed E-state index contributed by atoms with van der Waals surface area (Å²) in [5.41, 5.74) is 2.35. The molecular weight excluding hydrogens is 361 g/mol. The maximum atomic E-state index is 12.1. The highest BCUT2D eigenvalue weighted by molar-refractivity contribution is 6.35. The van der Waals surface area contributed by atoms with E-state index in [1.54, 1.807) is 18.2 Å². The molecule has 0 bridgehead atoms. The van der Waals surface area contributed by atoms with Crippen LogP contribution in [0, 0.1) is 6.92 Å². The highest BCUT2D eigenvalue weighted by Crippen LogP contribution is 2.25. The van der Waals surface area contributed by atoms with Crippen molar-refractivity contribution in [1.82, 2.24) is 0 Å². The lowest BCUT2D eigenvalue weighted by molar-refractivity contribution is -0.148. The summed E-state index contributed by atoms with van der Waals surface area (Å²) >= 11 is 11.9. The standard InChI is InChI=1S/C19H17Cl2NO3/c1-12-3-5-14(6-4-12)7-10-18(23)25-13(2)19(24)22-17-11-15(20)8-9-16(17)21/h3-11,13H,1-2H3,(H,22,24). The van der Waals surface area contributed by atoms with E-state index in [2.05, 4.69) is 5.32 Å². The van der Waals surface area contributed by atoms with Crippen LogP contribution in [-0.2, 0) is 14.3 Å². The van der Waals surface area contributed by atoms with Crippen molar-refractivity contribution in [2.24, 2.45) is 0 Å². The monoisotopic (exact) mass is 377 g/mol. The Morgan fingerprint density at radius 1 is 1.12 bits per heavy atom. The van der Waals surface area contributed by atoms with Gasteiger partial charge in [0, 0.05) is 11.1 Å². The number of carbonyl (C=O) groups excluding carboxylic acids is 2. The Morgan fingerprint density at radius 2 is 1.80 bits per heavy atom.